The van der Waals surface area contributed by atoms with E-state index in [0.29, 0.717) is 37.4 Å². The molecule has 2 aromatic rings. The predicted molar refractivity (Wildman–Crippen MR) is 98.3 cm³/mol. The Morgan fingerprint density at radius 2 is 1.78 bits per heavy atom. The molecular weight excluding hydrogens is 351 g/mol. The summed E-state index contributed by atoms with van der Waals surface area (Å²) < 4.78 is 18.9. The molecule has 0 spiro atoms. The predicted octanol–water partition coefficient (Wildman–Crippen LogP) is 2.35. The molecule has 6 nitrogen and oxygen atoms in total. The molecule has 0 unspecified atom stereocenters. The molecule has 3 rings (SSSR count). The highest BCUT2D eigenvalue weighted by atomic mass is 19.1. The molecule has 27 heavy (non-hydrogen) atoms. The largest absolute Gasteiger partial charge is 0.507 e. The first-order valence-corrected chi connectivity index (χ1v) is 8.70. The quantitative estimate of drug-likeness (QED) is 0.835. The fourth-order valence-electron chi connectivity index (χ4n) is 3.02. The number of carbonyl (C=O) groups excluding carboxylic acids is 2. The molecule has 0 saturated carbocycles. The topological polar surface area (TPSA) is 70.1 Å². The minimum Gasteiger partial charge on any atom is -0.507 e. The molecule has 1 aliphatic rings. The number of nitrogens with zero attached hydrogens (tertiary/aromatic N) is 2. The van der Waals surface area contributed by atoms with Crippen LogP contribution in [0.5, 0.6) is 5.75 Å². The Hall–Kier alpha value is -3.09. The summed E-state index contributed by atoms with van der Waals surface area (Å²) >= 11 is 0. The third-order valence-electron chi connectivity index (χ3n) is 4.61. The number of rotatable bonds is 4. The van der Waals surface area contributed by atoms with Crippen molar-refractivity contribution in [3.05, 3.63) is 59.4 Å². The van der Waals surface area contributed by atoms with Crippen molar-refractivity contribution in [1.82, 2.24) is 4.90 Å². The van der Waals surface area contributed by atoms with Crippen LogP contribution in [0.3, 0.4) is 0 Å². The average molecular weight is 372 g/mol. The average Bonchev–Trinajstić information content (AvgIpc) is 2.68. The second-order valence-electron chi connectivity index (χ2n) is 6.37. The molecule has 2 aromatic carbocycles. The SMILES string of the molecule is Cc1cccc(C(=O)OCC(=O)N2CCN(c3ccccc3F)CC2)c1O. The fourth-order valence-corrected chi connectivity index (χ4v) is 3.02. The van der Waals surface area contributed by atoms with Gasteiger partial charge in [-0.2, -0.15) is 0 Å². The van der Waals surface area contributed by atoms with E-state index >= 15 is 0 Å². The molecule has 1 N–H and O–H groups in total. The summed E-state index contributed by atoms with van der Waals surface area (Å²) in [6.45, 7) is 3.11. The van der Waals surface area contributed by atoms with Gasteiger partial charge in [-0.3, -0.25) is 4.79 Å². The van der Waals surface area contributed by atoms with Crippen molar-refractivity contribution < 1.29 is 23.8 Å². The lowest BCUT2D eigenvalue weighted by molar-refractivity contribution is -0.134. The normalized spacial score (nSPS) is 14.1. The Kier molecular flexibility index (Phi) is 5.59. The van der Waals surface area contributed by atoms with Gasteiger partial charge < -0.3 is 19.6 Å². The Labute approximate surface area is 156 Å². The summed E-state index contributed by atoms with van der Waals surface area (Å²) in [7, 11) is 0. The van der Waals surface area contributed by atoms with E-state index < -0.39 is 12.6 Å². The molecule has 142 valence electrons. The van der Waals surface area contributed by atoms with Crippen molar-refractivity contribution in [2.45, 2.75) is 6.92 Å². The van der Waals surface area contributed by atoms with Gasteiger partial charge in [0, 0.05) is 26.2 Å². The highest BCUT2D eigenvalue weighted by Crippen LogP contribution is 2.22. The molecule has 0 bridgehead atoms. The maximum atomic E-state index is 13.9. The van der Waals surface area contributed by atoms with Crippen molar-refractivity contribution in [1.29, 1.82) is 0 Å². The van der Waals surface area contributed by atoms with Gasteiger partial charge in [-0.25, -0.2) is 9.18 Å². The number of amides is 1. The Morgan fingerprint density at radius 3 is 2.48 bits per heavy atom. The van der Waals surface area contributed by atoms with Crippen LogP contribution in [0.2, 0.25) is 0 Å². The minimum absolute atomic E-state index is 0.0344. The summed E-state index contributed by atoms with van der Waals surface area (Å²) in [5, 5.41) is 9.91. The van der Waals surface area contributed by atoms with Gasteiger partial charge in [0.25, 0.3) is 5.91 Å². The van der Waals surface area contributed by atoms with Gasteiger partial charge in [0.15, 0.2) is 6.61 Å². The summed E-state index contributed by atoms with van der Waals surface area (Å²) in [5.74, 6) is -1.49. The molecule has 0 aliphatic carbocycles. The first kappa shape index (κ1) is 18.7. The number of carbonyl (C=O) groups is 2. The highest BCUT2D eigenvalue weighted by molar-refractivity contribution is 5.94. The van der Waals surface area contributed by atoms with Gasteiger partial charge >= 0.3 is 5.97 Å². The summed E-state index contributed by atoms with van der Waals surface area (Å²) in [6, 6.07) is 11.3. The van der Waals surface area contributed by atoms with Crippen LogP contribution in [0.15, 0.2) is 42.5 Å². The smallest absolute Gasteiger partial charge is 0.342 e. The van der Waals surface area contributed by atoms with E-state index in [1.807, 2.05) is 4.90 Å². The van der Waals surface area contributed by atoms with Crippen molar-refractivity contribution in [2.75, 3.05) is 37.7 Å². The number of phenols is 1. The number of phenolic OH excluding ortho intramolecular Hbond substituents is 1. The van der Waals surface area contributed by atoms with Crippen molar-refractivity contribution >= 4 is 17.6 Å². The second kappa shape index (κ2) is 8.07. The fraction of sp³-hybridized carbons (Fsp3) is 0.300. The number of anilines is 1. The van der Waals surface area contributed by atoms with Crippen LogP contribution in [0.25, 0.3) is 0 Å². The van der Waals surface area contributed by atoms with E-state index in [9.17, 15) is 19.1 Å². The van der Waals surface area contributed by atoms with E-state index in [1.54, 1.807) is 42.2 Å². The van der Waals surface area contributed by atoms with Crippen LogP contribution < -0.4 is 4.90 Å². The number of aromatic hydroxyl groups is 1. The molecule has 7 heteroatoms. The molecule has 1 saturated heterocycles. The standard InChI is InChI=1S/C20H21FN2O4/c1-14-5-4-6-15(19(14)25)20(26)27-13-18(24)23-11-9-22(10-12-23)17-8-3-2-7-16(17)21/h2-8,25H,9-13H2,1H3. The van der Waals surface area contributed by atoms with Crippen LogP contribution in [-0.4, -0.2) is 54.7 Å². The molecular formula is C20H21FN2O4. The monoisotopic (exact) mass is 372 g/mol. The van der Waals surface area contributed by atoms with E-state index in [-0.39, 0.29) is 23.0 Å². The first-order chi connectivity index (χ1) is 13.0. The zero-order valence-corrected chi connectivity index (χ0v) is 15.0. The number of benzene rings is 2. The van der Waals surface area contributed by atoms with Crippen molar-refractivity contribution in [2.24, 2.45) is 0 Å². The van der Waals surface area contributed by atoms with Crippen LogP contribution in [0.1, 0.15) is 15.9 Å². The molecule has 0 radical (unpaired) electrons. The number of aryl methyl sites for hydroxylation is 1. The van der Waals surface area contributed by atoms with E-state index in [1.165, 1.54) is 12.1 Å². The zero-order valence-electron chi connectivity index (χ0n) is 15.0. The van der Waals surface area contributed by atoms with Crippen molar-refractivity contribution in [3.63, 3.8) is 0 Å². The van der Waals surface area contributed by atoms with Crippen LogP contribution in [0, 0.1) is 12.7 Å². The third kappa shape index (κ3) is 4.19. The number of para-hydroxylation sites is 2. The number of halogens is 1. The van der Waals surface area contributed by atoms with Gasteiger partial charge in [-0.15, -0.1) is 0 Å². The summed E-state index contributed by atoms with van der Waals surface area (Å²) in [4.78, 5) is 27.8. The minimum atomic E-state index is -0.741. The third-order valence-corrected chi connectivity index (χ3v) is 4.61. The first-order valence-electron chi connectivity index (χ1n) is 8.70. The number of hydrogen-bond acceptors (Lipinski definition) is 5. The molecule has 1 heterocycles. The Morgan fingerprint density at radius 1 is 1.07 bits per heavy atom. The number of piperazine rings is 1. The highest BCUT2D eigenvalue weighted by Gasteiger charge is 2.24. The van der Waals surface area contributed by atoms with Crippen molar-refractivity contribution in [3.8, 4) is 5.75 Å². The summed E-state index contributed by atoms with van der Waals surface area (Å²) in [6.07, 6.45) is 0. The zero-order chi connectivity index (χ0) is 19.4. The van der Waals surface area contributed by atoms with Gasteiger partial charge in [0.1, 0.15) is 17.1 Å². The number of hydrogen-bond donors (Lipinski definition) is 1. The molecule has 1 aliphatic heterocycles. The maximum absolute atomic E-state index is 13.9. The van der Waals surface area contributed by atoms with Crippen LogP contribution in [0.4, 0.5) is 10.1 Å². The second-order valence-corrected chi connectivity index (χ2v) is 6.37. The van der Waals surface area contributed by atoms with E-state index in [2.05, 4.69) is 0 Å². The lowest BCUT2D eigenvalue weighted by atomic mass is 10.1. The van der Waals surface area contributed by atoms with Gasteiger partial charge in [0.2, 0.25) is 0 Å². The maximum Gasteiger partial charge on any atom is 0.342 e. The van der Waals surface area contributed by atoms with Crippen LogP contribution in [-0.2, 0) is 9.53 Å². The molecule has 1 fully saturated rings. The van der Waals surface area contributed by atoms with Gasteiger partial charge in [-0.05, 0) is 30.7 Å². The number of ether oxygens (including phenoxy) is 1. The lowest BCUT2D eigenvalue weighted by Gasteiger charge is -2.36. The molecule has 0 aromatic heterocycles. The Bertz CT molecular complexity index is 848. The number of esters is 1. The van der Waals surface area contributed by atoms with Gasteiger partial charge in [-0.1, -0.05) is 24.3 Å². The Balaban J connectivity index is 1.52. The van der Waals surface area contributed by atoms with Gasteiger partial charge in [0.05, 0.1) is 5.69 Å². The van der Waals surface area contributed by atoms with E-state index in [0.717, 1.165) is 0 Å². The lowest BCUT2D eigenvalue weighted by Crippen LogP contribution is -2.50. The molecule has 1 amide bonds. The van der Waals surface area contributed by atoms with Crippen LogP contribution >= 0.6 is 0 Å². The molecule has 0 atom stereocenters. The van der Waals surface area contributed by atoms with E-state index in [4.69, 9.17) is 4.74 Å². The summed E-state index contributed by atoms with van der Waals surface area (Å²) in [5.41, 5.74) is 1.11.